The van der Waals surface area contributed by atoms with Gasteiger partial charge in [0.15, 0.2) is 0 Å². The summed E-state index contributed by atoms with van der Waals surface area (Å²) in [4.78, 5) is 38.9. The number of primary amides is 1. The SMILES string of the molecule is NC(=O)CNC(=O)c1[nH]ncc1NC(=O)c1cc(Br)cnc1Br. The Kier molecular flexibility index (Phi) is 5.45. The molecule has 0 saturated carbocycles. The number of hydrogen-bond donors (Lipinski definition) is 4. The number of carbonyl (C=O) groups excluding carboxylic acids is 3. The van der Waals surface area contributed by atoms with Crippen molar-refractivity contribution >= 4 is 55.3 Å². The summed E-state index contributed by atoms with van der Waals surface area (Å²) in [6, 6.07) is 1.57. The maximum Gasteiger partial charge on any atom is 0.271 e. The Morgan fingerprint density at radius 2 is 1.96 bits per heavy atom. The molecule has 2 heterocycles. The van der Waals surface area contributed by atoms with Gasteiger partial charge in [0.1, 0.15) is 10.3 Å². The fourth-order valence-electron chi connectivity index (χ4n) is 1.58. The van der Waals surface area contributed by atoms with Crippen LogP contribution in [0.5, 0.6) is 0 Å². The third-order valence-electron chi connectivity index (χ3n) is 2.59. The first kappa shape index (κ1) is 17.1. The molecule has 0 fully saturated rings. The van der Waals surface area contributed by atoms with E-state index >= 15 is 0 Å². The number of aromatic nitrogens is 3. The van der Waals surface area contributed by atoms with Crippen LogP contribution in [0.3, 0.4) is 0 Å². The molecule has 3 amide bonds. The van der Waals surface area contributed by atoms with Crippen molar-refractivity contribution < 1.29 is 14.4 Å². The molecule has 0 saturated heterocycles. The van der Waals surface area contributed by atoms with Gasteiger partial charge in [0.25, 0.3) is 11.8 Å². The molecular weight excluding hydrogens is 436 g/mol. The molecule has 0 aliphatic carbocycles. The minimum absolute atomic E-state index is 0.00122. The fraction of sp³-hybridized carbons (Fsp3) is 0.0833. The van der Waals surface area contributed by atoms with Crippen LogP contribution in [0.25, 0.3) is 0 Å². The first-order valence-corrected chi connectivity index (χ1v) is 7.69. The molecule has 2 aromatic rings. The first-order valence-electron chi connectivity index (χ1n) is 6.10. The van der Waals surface area contributed by atoms with Gasteiger partial charge in [0.05, 0.1) is 24.0 Å². The second-order valence-electron chi connectivity index (χ2n) is 4.25. The van der Waals surface area contributed by atoms with Gasteiger partial charge in [0.2, 0.25) is 5.91 Å². The molecule has 0 aromatic carbocycles. The average Bonchev–Trinajstić information content (AvgIpc) is 2.95. The minimum atomic E-state index is -0.687. The highest BCUT2D eigenvalue weighted by Crippen LogP contribution is 2.20. The van der Waals surface area contributed by atoms with E-state index in [1.165, 1.54) is 12.4 Å². The summed E-state index contributed by atoms with van der Waals surface area (Å²) < 4.78 is 0.971. The van der Waals surface area contributed by atoms with Crippen LogP contribution in [0, 0.1) is 0 Å². The minimum Gasteiger partial charge on any atom is -0.368 e. The van der Waals surface area contributed by atoms with Gasteiger partial charge in [-0.2, -0.15) is 5.10 Å². The summed E-state index contributed by atoms with van der Waals surface area (Å²) in [5.74, 6) is -1.80. The van der Waals surface area contributed by atoms with Gasteiger partial charge in [-0.3, -0.25) is 19.5 Å². The molecule has 0 radical (unpaired) electrons. The van der Waals surface area contributed by atoms with E-state index < -0.39 is 17.7 Å². The predicted molar refractivity (Wildman–Crippen MR) is 87.7 cm³/mol. The van der Waals surface area contributed by atoms with Crippen LogP contribution in [-0.2, 0) is 4.79 Å². The zero-order valence-corrected chi connectivity index (χ0v) is 14.6. The second-order valence-corrected chi connectivity index (χ2v) is 5.92. The second kappa shape index (κ2) is 7.33. The Morgan fingerprint density at radius 1 is 1.22 bits per heavy atom. The molecule has 23 heavy (non-hydrogen) atoms. The van der Waals surface area contributed by atoms with E-state index in [4.69, 9.17) is 5.73 Å². The Bertz CT molecular complexity index is 776. The van der Waals surface area contributed by atoms with Crippen molar-refractivity contribution in [3.63, 3.8) is 0 Å². The molecule has 0 atom stereocenters. The van der Waals surface area contributed by atoms with Gasteiger partial charge in [-0.1, -0.05) is 0 Å². The lowest BCUT2D eigenvalue weighted by Crippen LogP contribution is -2.34. The number of hydrogen-bond acceptors (Lipinski definition) is 5. The van der Waals surface area contributed by atoms with Gasteiger partial charge in [0, 0.05) is 10.7 Å². The summed E-state index contributed by atoms with van der Waals surface area (Å²) in [5, 5.41) is 11.0. The fourth-order valence-corrected chi connectivity index (χ4v) is 2.31. The van der Waals surface area contributed by atoms with Crippen molar-refractivity contribution in [2.45, 2.75) is 0 Å². The maximum atomic E-state index is 12.3. The van der Waals surface area contributed by atoms with Crippen LogP contribution >= 0.6 is 31.9 Å². The van der Waals surface area contributed by atoms with E-state index in [1.54, 1.807) is 6.07 Å². The van der Waals surface area contributed by atoms with Crippen LogP contribution in [0.15, 0.2) is 27.5 Å². The van der Waals surface area contributed by atoms with E-state index in [9.17, 15) is 14.4 Å². The smallest absolute Gasteiger partial charge is 0.271 e. The van der Waals surface area contributed by atoms with Crippen LogP contribution in [0.4, 0.5) is 5.69 Å². The number of nitrogens with two attached hydrogens (primary N) is 1. The first-order chi connectivity index (χ1) is 10.9. The molecule has 0 aliphatic rings. The molecule has 2 aromatic heterocycles. The highest BCUT2D eigenvalue weighted by atomic mass is 79.9. The predicted octanol–water partition coefficient (Wildman–Crippen LogP) is 0.797. The Hall–Kier alpha value is -2.27. The summed E-state index contributed by atoms with van der Waals surface area (Å²) in [5.41, 5.74) is 5.38. The maximum absolute atomic E-state index is 12.3. The number of nitrogens with one attached hydrogen (secondary N) is 3. The largest absolute Gasteiger partial charge is 0.368 e. The standard InChI is InChI=1S/C12H10Br2N6O3/c13-5-1-6(10(14)16-2-5)11(22)19-7-3-18-20-9(7)12(23)17-4-8(15)21/h1-3H,4H2,(H2,15,21)(H,17,23)(H,18,20)(H,19,22). The molecule has 0 unspecified atom stereocenters. The van der Waals surface area contributed by atoms with Gasteiger partial charge in [-0.15, -0.1) is 0 Å². The molecule has 0 spiro atoms. The van der Waals surface area contributed by atoms with Crippen LogP contribution in [0.2, 0.25) is 0 Å². The number of anilines is 1. The zero-order chi connectivity index (χ0) is 17.0. The number of aromatic amines is 1. The number of nitrogens with zero attached hydrogens (tertiary/aromatic N) is 2. The van der Waals surface area contributed by atoms with Crippen molar-refractivity contribution in [2.24, 2.45) is 5.73 Å². The summed E-state index contributed by atoms with van der Waals surface area (Å²) in [6.45, 7) is -0.327. The van der Waals surface area contributed by atoms with E-state index in [0.717, 1.165) is 0 Å². The highest BCUT2D eigenvalue weighted by Gasteiger charge is 2.18. The van der Waals surface area contributed by atoms with Crippen LogP contribution in [0.1, 0.15) is 20.8 Å². The van der Waals surface area contributed by atoms with Gasteiger partial charge < -0.3 is 16.4 Å². The van der Waals surface area contributed by atoms with Crippen molar-refractivity contribution in [2.75, 3.05) is 11.9 Å². The van der Waals surface area contributed by atoms with Crippen molar-refractivity contribution in [3.8, 4) is 0 Å². The Balaban J connectivity index is 2.16. The van der Waals surface area contributed by atoms with E-state index in [2.05, 4.69) is 57.7 Å². The normalized spacial score (nSPS) is 10.2. The van der Waals surface area contributed by atoms with E-state index in [-0.39, 0.29) is 23.5 Å². The van der Waals surface area contributed by atoms with Crippen LogP contribution < -0.4 is 16.4 Å². The molecule has 0 aliphatic heterocycles. The molecule has 120 valence electrons. The lowest BCUT2D eigenvalue weighted by atomic mass is 10.2. The Labute approximate surface area is 146 Å². The number of carbonyl (C=O) groups is 3. The van der Waals surface area contributed by atoms with Gasteiger partial charge in [-0.05, 0) is 37.9 Å². The zero-order valence-electron chi connectivity index (χ0n) is 11.4. The number of pyridine rings is 1. The quantitative estimate of drug-likeness (QED) is 0.503. The molecular formula is C12H10Br2N6O3. The third-order valence-corrected chi connectivity index (χ3v) is 3.65. The summed E-state index contributed by atoms with van der Waals surface area (Å²) in [6.07, 6.45) is 2.80. The number of rotatable bonds is 5. The number of amides is 3. The van der Waals surface area contributed by atoms with Gasteiger partial charge >= 0.3 is 0 Å². The Morgan fingerprint density at radius 3 is 2.65 bits per heavy atom. The monoisotopic (exact) mass is 444 g/mol. The highest BCUT2D eigenvalue weighted by molar-refractivity contribution is 9.11. The molecule has 5 N–H and O–H groups in total. The lowest BCUT2D eigenvalue weighted by Gasteiger charge is -2.07. The lowest BCUT2D eigenvalue weighted by molar-refractivity contribution is -0.117. The third kappa shape index (κ3) is 4.36. The molecule has 11 heteroatoms. The van der Waals surface area contributed by atoms with Crippen molar-refractivity contribution in [3.05, 3.63) is 38.8 Å². The van der Waals surface area contributed by atoms with E-state index in [0.29, 0.717) is 9.08 Å². The van der Waals surface area contributed by atoms with E-state index in [1.807, 2.05) is 0 Å². The van der Waals surface area contributed by atoms with Crippen molar-refractivity contribution in [1.82, 2.24) is 20.5 Å². The molecule has 0 bridgehead atoms. The van der Waals surface area contributed by atoms with Crippen LogP contribution in [-0.4, -0.2) is 39.4 Å². The molecule has 2 rings (SSSR count). The topological polar surface area (TPSA) is 143 Å². The van der Waals surface area contributed by atoms with Gasteiger partial charge in [-0.25, -0.2) is 4.98 Å². The summed E-state index contributed by atoms with van der Waals surface area (Å²) >= 11 is 6.40. The number of H-pyrrole nitrogens is 1. The molecule has 9 nitrogen and oxygen atoms in total. The summed E-state index contributed by atoms with van der Waals surface area (Å²) in [7, 11) is 0. The average molecular weight is 446 g/mol. The number of halogens is 2. The van der Waals surface area contributed by atoms with Crippen molar-refractivity contribution in [1.29, 1.82) is 0 Å².